The van der Waals surface area contributed by atoms with Gasteiger partial charge in [0.1, 0.15) is 6.29 Å². The van der Waals surface area contributed by atoms with E-state index in [9.17, 15) is 4.79 Å². The van der Waals surface area contributed by atoms with Gasteiger partial charge in [0, 0.05) is 27.8 Å². The van der Waals surface area contributed by atoms with Crippen LogP contribution in [0, 0.1) is 0 Å². The third-order valence-electron chi connectivity index (χ3n) is 3.09. The molecule has 0 aliphatic heterocycles. The maximum atomic E-state index is 10.6. The molecule has 3 heteroatoms. The second-order valence-corrected chi connectivity index (χ2v) is 5.55. The molecule has 0 atom stereocenters. The fourth-order valence-electron chi connectivity index (χ4n) is 2.02. The van der Waals surface area contributed by atoms with Crippen LogP contribution >= 0.6 is 11.8 Å². The monoisotopic (exact) mass is 279 g/mol. The topological polar surface area (TPSA) is 30.0 Å². The van der Waals surface area contributed by atoms with Gasteiger partial charge in [0.2, 0.25) is 0 Å². The minimum absolute atomic E-state index is 0.714. The van der Waals surface area contributed by atoms with Gasteiger partial charge in [-0.15, -0.1) is 11.8 Å². The van der Waals surface area contributed by atoms with Crippen molar-refractivity contribution in [3.63, 3.8) is 0 Å². The number of fused-ring (bicyclic) bond motifs is 1. The molecule has 2 nitrogen and oxygen atoms in total. The zero-order valence-electron chi connectivity index (χ0n) is 10.8. The van der Waals surface area contributed by atoms with Gasteiger partial charge in [-0.05, 0) is 35.9 Å². The molecule has 3 aromatic rings. The zero-order chi connectivity index (χ0) is 13.8. The number of hydrogen-bond donors (Lipinski definition) is 0. The van der Waals surface area contributed by atoms with Gasteiger partial charge in [-0.3, -0.25) is 9.78 Å². The highest BCUT2D eigenvalue weighted by molar-refractivity contribution is 7.98. The Bertz CT molecular complexity index is 737. The molecule has 0 saturated heterocycles. The third-order valence-corrected chi connectivity index (χ3v) is 4.17. The van der Waals surface area contributed by atoms with Crippen LogP contribution in [0.2, 0.25) is 0 Å². The third kappa shape index (κ3) is 2.89. The molecule has 3 rings (SSSR count). The summed E-state index contributed by atoms with van der Waals surface area (Å²) in [6, 6.07) is 18.0. The molecule has 0 spiro atoms. The van der Waals surface area contributed by atoms with E-state index in [2.05, 4.69) is 29.2 Å². The van der Waals surface area contributed by atoms with E-state index in [0.717, 1.165) is 17.6 Å². The predicted octanol–water partition coefficient (Wildman–Crippen LogP) is 4.34. The number of carbonyl (C=O) groups is 1. The van der Waals surface area contributed by atoms with E-state index in [1.165, 1.54) is 15.8 Å². The molecule has 0 fully saturated rings. The number of aromatic nitrogens is 1. The first-order valence-corrected chi connectivity index (χ1v) is 7.35. The van der Waals surface area contributed by atoms with Crippen LogP contribution in [0.3, 0.4) is 0 Å². The summed E-state index contributed by atoms with van der Waals surface area (Å²) in [5.74, 6) is 0.908. The van der Waals surface area contributed by atoms with Crippen LogP contribution < -0.4 is 0 Å². The van der Waals surface area contributed by atoms with Gasteiger partial charge in [0.15, 0.2) is 0 Å². The fraction of sp³-hybridized carbons (Fsp3) is 0.0588. The normalized spacial score (nSPS) is 10.6. The van der Waals surface area contributed by atoms with Gasteiger partial charge in [-0.25, -0.2) is 0 Å². The Hall–Kier alpha value is -2.13. The average Bonchev–Trinajstić information content (AvgIpc) is 2.53. The average molecular weight is 279 g/mol. The van der Waals surface area contributed by atoms with Gasteiger partial charge >= 0.3 is 0 Å². The molecule has 0 N–H and O–H groups in total. The van der Waals surface area contributed by atoms with E-state index in [-0.39, 0.29) is 0 Å². The Morgan fingerprint density at radius 3 is 2.70 bits per heavy atom. The van der Waals surface area contributed by atoms with E-state index in [4.69, 9.17) is 0 Å². The van der Waals surface area contributed by atoms with Crippen LogP contribution in [0.1, 0.15) is 15.9 Å². The van der Waals surface area contributed by atoms with Crippen LogP contribution in [-0.4, -0.2) is 11.3 Å². The van der Waals surface area contributed by atoms with E-state index < -0.39 is 0 Å². The summed E-state index contributed by atoms with van der Waals surface area (Å²) in [5.41, 5.74) is 3.01. The van der Waals surface area contributed by atoms with E-state index in [1.807, 2.05) is 36.5 Å². The molecule has 1 heterocycles. The summed E-state index contributed by atoms with van der Waals surface area (Å²) in [6.45, 7) is 0. The molecular formula is C17H13NOS. The first-order valence-electron chi connectivity index (χ1n) is 6.37. The van der Waals surface area contributed by atoms with Crippen molar-refractivity contribution < 1.29 is 4.79 Å². The lowest BCUT2D eigenvalue weighted by atomic mass is 10.1. The molecule has 0 amide bonds. The molecule has 0 bridgehead atoms. The Labute approximate surface area is 121 Å². The lowest BCUT2D eigenvalue weighted by Gasteiger charge is -2.04. The van der Waals surface area contributed by atoms with Gasteiger partial charge in [0.25, 0.3) is 0 Å². The fourth-order valence-corrected chi connectivity index (χ4v) is 2.87. The molecular weight excluding hydrogens is 266 g/mol. The van der Waals surface area contributed by atoms with Crippen molar-refractivity contribution in [1.29, 1.82) is 0 Å². The lowest BCUT2D eigenvalue weighted by molar-refractivity contribution is 0.112. The van der Waals surface area contributed by atoms with Crippen molar-refractivity contribution in [2.45, 2.75) is 10.6 Å². The number of nitrogens with zero attached hydrogens (tertiary/aromatic N) is 1. The molecule has 1 aromatic heterocycles. The number of carbonyl (C=O) groups excluding carboxylic acids is 1. The smallest absolute Gasteiger partial charge is 0.150 e. The van der Waals surface area contributed by atoms with Crippen molar-refractivity contribution in [1.82, 2.24) is 4.98 Å². The number of pyridine rings is 1. The molecule has 0 aliphatic rings. The maximum absolute atomic E-state index is 10.6. The summed E-state index contributed by atoms with van der Waals surface area (Å²) < 4.78 is 0. The SMILES string of the molecule is O=Cc1ccc(SCc2ccc3ncccc3c2)cc1. The second kappa shape index (κ2) is 5.88. The molecule has 20 heavy (non-hydrogen) atoms. The first kappa shape index (κ1) is 12.9. The van der Waals surface area contributed by atoms with Crippen LogP contribution in [-0.2, 0) is 5.75 Å². The molecule has 0 radical (unpaired) electrons. The summed E-state index contributed by atoms with van der Waals surface area (Å²) in [7, 11) is 0. The van der Waals surface area contributed by atoms with Crippen LogP contribution in [0.25, 0.3) is 10.9 Å². The Morgan fingerprint density at radius 1 is 1.05 bits per heavy atom. The van der Waals surface area contributed by atoms with E-state index >= 15 is 0 Å². The van der Waals surface area contributed by atoms with Gasteiger partial charge < -0.3 is 0 Å². The highest BCUT2D eigenvalue weighted by Gasteiger charge is 1.99. The molecule has 0 unspecified atom stereocenters. The van der Waals surface area contributed by atoms with Crippen molar-refractivity contribution in [2.75, 3.05) is 0 Å². The molecule has 2 aromatic carbocycles. The lowest BCUT2D eigenvalue weighted by Crippen LogP contribution is -1.84. The van der Waals surface area contributed by atoms with Crippen molar-refractivity contribution in [3.8, 4) is 0 Å². The van der Waals surface area contributed by atoms with Crippen LogP contribution in [0.5, 0.6) is 0 Å². The Kier molecular flexibility index (Phi) is 3.79. The largest absolute Gasteiger partial charge is 0.298 e. The van der Waals surface area contributed by atoms with Gasteiger partial charge in [-0.1, -0.05) is 24.3 Å². The minimum Gasteiger partial charge on any atom is -0.298 e. The summed E-state index contributed by atoms with van der Waals surface area (Å²) >= 11 is 1.76. The quantitative estimate of drug-likeness (QED) is 0.525. The standard InChI is InChI=1S/C17H13NOS/c19-11-13-3-6-16(7-4-13)20-12-14-5-8-17-15(10-14)2-1-9-18-17/h1-11H,12H2. The summed E-state index contributed by atoms with van der Waals surface area (Å²) in [6.07, 6.45) is 2.68. The number of thioether (sulfide) groups is 1. The van der Waals surface area contributed by atoms with Gasteiger partial charge in [-0.2, -0.15) is 0 Å². The first-order chi connectivity index (χ1) is 9.85. The molecule has 98 valence electrons. The van der Waals surface area contributed by atoms with Crippen LogP contribution in [0.15, 0.2) is 65.7 Å². The van der Waals surface area contributed by atoms with Crippen molar-refractivity contribution >= 4 is 29.0 Å². The highest BCUT2D eigenvalue weighted by Crippen LogP contribution is 2.24. The van der Waals surface area contributed by atoms with E-state index in [1.54, 1.807) is 11.8 Å². The van der Waals surface area contributed by atoms with Gasteiger partial charge in [0.05, 0.1) is 5.52 Å². The number of hydrogen-bond acceptors (Lipinski definition) is 3. The number of benzene rings is 2. The van der Waals surface area contributed by atoms with E-state index in [0.29, 0.717) is 5.56 Å². The second-order valence-electron chi connectivity index (χ2n) is 4.51. The Balaban J connectivity index is 1.74. The number of aldehydes is 1. The summed E-state index contributed by atoms with van der Waals surface area (Å²) in [4.78, 5) is 16.1. The zero-order valence-corrected chi connectivity index (χ0v) is 11.6. The molecule has 0 aliphatic carbocycles. The predicted molar refractivity (Wildman–Crippen MR) is 83.1 cm³/mol. The van der Waals surface area contributed by atoms with Crippen molar-refractivity contribution in [3.05, 3.63) is 71.9 Å². The highest BCUT2D eigenvalue weighted by atomic mass is 32.2. The van der Waals surface area contributed by atoms with Crippen molar-refractivity contribution in [2.24, 2.45) is 0 Å². The maximum Gasteiger partial charge on any atom is 0.150 e. The minimum atomic E-state index is 0.714. The summed E-state index contributed by atoms with van der Waals surface area (Å²) in [5, 5.41) is 1.17. The Morgan fingerprint density at radius 2 is 1.90 bits per heavy atom. The number of rotatable bonds is 4. The molecule has 0 saturated carbocycles. The van der Waals surface area contributed by atoms with Crippen LogP contribution in [0.4, 0.5) is 0 Å².